The average Bonchev–Trinajstić information content (AvgIpc) is 3.09. The second kappa shape index (κ2) is 8.52. The van der Waals surface area contributed by atoms with Crippen molar-refractivity contribution in [2.24, 2.45) is 0 Å². The molecule has 136 valence electrons. The number of anilines is 2. The van der Waals surface area contributed by atoms with Crippen LogP contribution in [-0.2, 0) is 4.79 Å². The van der Waals surface area contributed by atoms with Gasteiger partial charge in [0.1, 0.15) is 5.75 Å². The zero-order valence-electron chi connectivity index (χ0n) is 15.0. The van der Waals surface area contributed by atoms with Crippen LogP contribution in [-0.4, -0.2) is 25.0 Å². The number of ether oxygens (including phenoxy) is 1. The highest BCUT2D eigenvalue weighted by Gasteiger charge is 2.21. The van der Waals surface area contributed by atoms with Crippen molar-refractivity contribution in [1.29, 1.82) is 0 Å². The number of benzene rings is 2. The zero-order chi connectivity index (χ0) is 18.4. The summed E-state index contributed by atoms with van der Waals surface area (Å²) >= 11 is 0. The summed E-state index contributed by atoms with van der Waals surface area (Å²) in [4.78, 5) is 26.1. The monoisotopic (exact) mass is 352 g/mol. The Bertz CT molecular complexity index is 771. The first-order chi connectivity index (χ1) is 12.7. The number of nitrogens with one attached hydrogen (secondary N) is 1. The molecule has 0 spiro atoms. The third-order valence-corrected chi connectivity index (χ3v) is 4.41. The number of carbonyl (C=O) groups is 2. The van der Waals surface area contributed by atoms with Gasteiger partial charge in [-0.05, 0) is 49.2 Å². The molecule has 5 nitrogen and oxygen atoms in total. The van der Waals surface area contributed by atoms with Crippen molar-refractivity contribution < 1.29 is 14.3 Å². The number of unbranched alkanes of at least 4 members (excludes halogenated alkanes) is 1. The van der Waals surface area contributed by atoms with Crippen molar-refractivity contribution in [2.75, 3.05) is 23.4 Å². The quantitative estimate of drug-likeness (QED) is 0.758. The van der Waals surface area contributed by atoms with Crippen LogP contribution in [0.15, 0.2) is 48.5 Å². The van der Waals surface area contributed by atoms with Gasteiger partial charge in [0.2, 0.25) is 5.91 Å². The van der Waals surface area contributed by atoms with E-state index in [0.29, 0.717) is 30.0 Å². The van der Waals surface area contributed by atoms with E-state index in [1.807, 2.05) is 36.4 Å². The predicted octanol–water partition coefficient (Wildman–Crippen LogP) is 4.24. The molecule has 0 radical (unpaired) electrons. The second-order valence-corrected chi connectivity index (χ2v) is 6.35. The molecule has 0 atom stereocenters. The average molecular weight is 352 g/mol. The Kier molecular flexibility index (Phi) is 5.89. The Morgan fingerprint density at radius 1 is 1.15 bits per heavy atom. The second-order valence-electron chi connectivity index (χ2n) is 6.35. The van der Waals surface area contributed by atoms with Crippen LogP contribution in [0.25, 0.3) is 0 Å². The van der Waals surface area contributed by atoms with E-state index in [-0.39, 0.29) is 11.8 Å². The largest absolute Gasteiger partial charge is 0.491 e. The molecule has 1 aliphatic rings. The van der Waals surface area contributed by atoms with Gasteiger partial charge in [0, 0.05) is 24.2 Å². The van der Waals surface area contributed by atoms with Crippen molar-refractivity contribution in [3.05, 3.63) is 54.1 Å². The van der Waals surface area contributed by atoms with E-state index < -0.39 is 0 Å². The van der Waals surface area contributed by atoms with Crippen LogP contribution in [0.1, 0.15) is 43.0 Å². The summed E-state index contributed by atoms with van der Waals surface area (Å²) in [5.74, 6) is 0.616. The normalized spacial score (nSPS) is 13.7. The molecule has 26 heavy (non-hydrogen) atoms. The van der Waals surface area contributed by atoms with Crippen LogP contribution in [0.4, 0.5) is 11.4 Å². The van der Waals surface area contributed by atoms with E-state index in [2.05, 4.69) is 12.2 Å². The van der Waals surface area contributed by atoms with Gasteiger partial charge in [0.15, 0.2) is 0 Å². The summed E-state index contributed by atoms with van der Waals surface area (Å²) in [7, 11) is 0. The van der Waals surface area contributed by atoms with E-state index in [1.54, 1.807) is 17.0 Å². The Balaban J connectivity index is 1.67. The number of carbonyl (C=O) groups excluding carboxylic acids is 2. The third kappa shape index (κ3) is 4.23. The molecule has 1 heterocycles. The summed E-state index contributed by atoms with van der Waals surface area (Å²) in [6.45, 7) is 3.48. The van der Waals surface area contributed by atoms with Gasteiger partial charge in [-0.2, -0.15) is 0 Å². The van der Waals surface area contributed by atoms with Crippen LogP contribution in [0.3, 0.4) is 0 Å². The topological polar surface area (TPSA) is 58.6 Å². The lowest BCUT2D eigenvalue weighted by atomic mass is 10.1. The molecule has 2 amide bonds. The Hall–Kier alpha value is -2.82. The van der Waals surface area contributed by atoms with Crippen molar-refractivity contribution in [3.63, 3.8) is 0 Å². The van der Waals surface area contributed by atoms with Gasteiger partial charge in [-0.1, -0.05) is 25.5 Å². The van der Waals surface area contributed by atoms with Crippen molar-refractivity contribution in [3.8, 4) is 5.75 Å². The highest BCUT2D eigenvalue weighted by atomic mass is 16.5. The summed E-state index contributed by atoms with van der Waals surface area (Å²) < 4.78 is 5.75. The fourth-order valence-electron chi connectivity index (χ4n) is 2.93. The molecule has 0 aromatic heterocycles. The van der Waals surface area contributed by atoms with Gasteiger partial charge in [-0.3, -0.25) is 9.59 Å². The first-order valence-electron chi connectivity index (χ1n) is 9.12. The molecule has 2 aromatic rings. The fraction of sp³-hybridized carbons (Fsp3) is 0.333. The summed E-state index contributed by atoms with van der Waals surface area (Å²) in [6.07, 6.45) is 3.51. The molecule has 0 aliphatic carbocycles. The van der Waals surface area contributed by atoms with Gasteiger partial charge < -0.3 is 15.0 Å². The lowest BCUT2D eigenvalue weighted by Gasteiger charge is -2.16. The van der Waals surface area contributed by atoms with Crippen LogP contribution >= 0.6 is 0 Å². The maximum Gasteiger partial charge on any atom is 0.255 e. The van der Waals surface area contributed by atoms with E-state index in [4.69, 9.17) is 4.74 Å². The number of hydrogen-bond acceptors (Lipinski definition) is 3. The highest BCUT2D eigenvalue weighted by molar-refractivity contribution is 6.05. The van der Waals surface area contributed by atoms with Gasteiger partial charge in [0.25, 0.3) is 5.91 Å². The number of hydrogen-bond donors (Lipinski definition) is 1. The summed E-state index contributed by atoms with van der Waals surface area (Å²) in [6, 6.07) is 14.6. The maximum absolute atomic E-state index is 12.5. The Morgan fingerprint density at radius 3 is 2.62 bits per heavy atom. The third-order valence-electron chi connectivity index (χ3n) is 4.41. The molecule has 1 N–H and O–H groups in total. The molecular weight excluding hydrogens is 328 g/mol. The number of rotatable bonds is 7. The van der Waals surface area contributed by atoms with E-state index in [9.17, 15) is 9.59 Å². The van der Waals surface area contributed by atoms with Crippen LogP contribution < -0.4 is 15.0 Å². The van der Waals surface area contributed by atoms with Gasteiger partial charge in [-0.15, -0.1) is 0 Å². The van der Waals surface area contributed by atoms with Crippen molar-refractivity contribution in [1.82, 2.24) is 0 Å². The first-order valence-corrected chi connectivity index (χ1v) is 9.12. The first kappa shape index (κ1) is 18.0. The van der Waals surface area contributed by atoms with Crippen LogP contribution in [0.5, 0.6) is 5.75 Å². The standard InChI is InChI=1S/C21H24N2O3/c1-2-3-15-26-19-8-5-4-7-18(19)22-21(25)16-10-12-17(13-11-16)23-14-6-9-20(23)24/h4-5,7-8,10-13H,2-3,6,9,14-15H2,1H3,(H,22,25). The Labute approximate surface area is 154 Å². The molecule has 0 unspecified atom stereocenters. The SMILES string of the molecule is CCCCOc1ccccc1NC(=O)c1ccc(N2CCCC2=O)cc1. The molecular formula is C21H24N2O3. The predicted molar refractivity (Wildman–Crippen MR) is 103 cm³/mol. The van der Waals surface area contributed by atoms with Gasteiger partial charge in [-0.25, -0.2) is 0 Å². The highest BCUT2D eigenvalue weighted by Crippen LogP contribution is 2.26. The zero-order valence-corrected chi connectivity index (χ0v) is 15.0. The lowest BCUT2D eigenvalue weighted by molar-refractivity contribution is -0.117. The Morgan fingerprint density at radius 2 is 1.92 bits per heavy atom. The summed E-state index contributed by atoms with van der Waals surface area (Å²) in [5, 5.41) is 2.91. The molecule has 0 bridgehead atoms. The number of nitrogens with zero attached hydrogens (tertiary/aromatic N) is 1. The smallest absolute Gasteiger partial charge is 0.255 e. The molecule has 1 fully saturated rings. The fourth-order valence-corrected chi connectivity index (χ4v) is 2.93. The number of para-hydroxylation sites is 2. The lowest BCUT2D eigenvalue weighted by Crippen LogP contribution is -2.23. The van der Waals surface area contributed by atoms with Gasteiger partial charge in [0.05, 0.1) is 12.3 Å². The van der Waals surface area contributed by atoms with Crippen LogP contribution in [0, 0.1) is 0 Å². The minimum Gasteiger partial charge on any atom is -0.491 e. The molecule has 2 aromatic carbocycles. The molecule has 1 aliphatic heterocycles. The minimum atomic E-state index is -0.198. The van der Waals surface area contributed by atoms with Crippen LogP contribution in [0.2, 0.25) is 0 Å². The molecule has 5 heteroatoms. The van der Waals surface area contributed by atoms with Gasteiger partial charge >= 0.3 is 0 Å². The number of amides is 2. The maximum atomic E-state index is 12.5. The van der Waals surface area contributed by atoms with Crippen molar-refractivity contribution >= 4 is 23.2 Å². The summed E-state index contributed by atoms with van der Waals surface area (Å²) in [5.41, 5.74) is 2.04. The van der Waals surface area contributed by atoms with E-state index in [1.165, 1.54) is 0 Å². The molecule has 0 saturated carbocycles. The molecule has 3 rings (SSSR count). The van der Waals surface area contributed by atoms with E-state index in [0.717, 1.165) is 31.5 Å². The minimum absolute atomic E-state index is 0.139. The molecule has 1 saturated heterocycles. The van der Waals surface area contributed by atoms with Crippen molar-refractivity contribution in [2.45, 2.75) is 32.6 Å². The van der Waals surface area contributed by atoms with E-state index >= 15 is 0 Å².